The fourth-order valence-electron chi connectivity index (χ4n) is 5.60. The van der Waals surface area contributed by atoms with Gasteiger partial charge in [0.25, 0.3) is 0 Å². The second kappa shape index (κ2) is 12.4. The molecule has 1 saturated carbocycles. The molecule has 0 unspecified atom stereocenters. The lowest BCUT2D eigenvalue weighted by atomic mass is 9.85. The third-order valence-corrected chi connectivity index (χ3v) is 7.79. The number of rotatable bonds is 9. The molecule has 7 nitrogen and oxygen atoms in total. The summed E-state index contributed by atoms with van der Waals surface area (Å²) in [5, 5.41) is 18.6. The van der Waals surface area contributed by atoms with Gasteiger partial charge in [0.05, 0.1) is 18.0 Å². The summed E-state index contributed by atoms with van der Waals surface area (Å²) in [6.07, 6.45) is 12.9. The van der Waals surface area contributed by atoms with Gasteiger partial charge in [0.2, 0.25) is 5.95 Å². The van der Waals surface area contributed by atoms with Crippen molar-refractivity contribution in [3.05, 3.63) is 18.0 Å². The number of nitrogens with one attached hydrogen (secondary N) is 1. The number of aromatic nitrogens is 3. The molecular weight excluding hydrogens is 448 g/mol. The zero-order chi connectivity index (χ0) is 23.4. The van der Waals surface area contributed by atoms with E-state index in [4.69, 9.17) is 10.1 Å². The second-order valence-electron chi connectivity index (χ2n) is 10.6. The van der Waals surface area contributed by atoms with Gasteiger partial charge < -0.3 is 20.2 Å². The summed E-state index contributed by atoms with van der Waals surface area (Å²) in [5.74, 6) is 1.16. The lowest BCUT2D eigenvalue weighted by Gasteiger charge is -2.36. The number of hydrogen-bond acceptors (Lipinski definition) is 6. The summed E-state index contributed by atoms with van der Waals surface area (Å²) in [4.78, 5) is 9.61. The fourth-order valence-corrected chi connectivity index (χ4v) is 5.60. The van der Waals surface area contributed by atoms with Crippen LogP contribution in [0.15, 0.2) is 12.3 Å². The zero-order valence-corrected chi connectivity index (χ0v) is 22.4. The topological polar surface area (TPSA) is 68.9 Å². The number of hydrogen-bond donors (Lipinski definition) is 2. The molecule has 1 aliphatic carbocycles. The highest BCUT2D eigenvalue weighted by Gasteiger charge is 2.28. The van der Waals surface area contributed by atoms with Crippen molar-refractivity contribution in [2.45, 2.75) is 102 Å². The molecule has 34 heavy (non-hydrogen) atoms. The molecule has 2 aromatic rings. The van der Waals surface area contributed by atoms with E-state index in [1.807, 2.05) is 6.20 Å². The van der Waals surface area contributed by atoms with Crippen molar-refractivity contribution in [2.24, 2.45) is 0 Å². The average molecular weight is 493 g/mol. The Bertz CT molecular complexity index is 887. The van der Waals surface area contributed by atoms with Crippen molar-refractivity contribution >= 4 is 29.6 Å². The van der Waals surface area contributed by atoms with Crippen molar-refractivity contribution in [1.29, 1.82) is 0 Å². The van der Waals surface area contributed by atoms with Gasteiger partial charge in [0.1, 0.15) is 5.52 Å². The molecule has 1 aliphatic heterocycles. The molecule has 0 bridgehead atoms. The van der Waals surface area contributed by atoms with Gasteiger partial charge in [-0.2, -0.15) is 0 Å². The Morgan fingerprint density at radius 3 is 2.47 bits per heavy atom. The van der Waals surface area contributed by atoms with Gasteiger partial charge in [-0.3, -0.25) is 0 Å². The van der Waals surface area contributed by atoms with Crippen LogP contribution in [0.2, 0.25) is 0 Å². The van der Waals surface area contributed by atoms with Crippen LogP contribution >= 0.6 is 12.4 Å². The van der Waals surface area contributed by atoms with E-state index in [0.29, 0.717) is 18.0 Å². The first-order valence-electron chi connectivity index (χ1n) is 13.2. The lowest BCUT2D eigenvalue weighted by Crippen LogP contribution is -2.41. The van der Waals surface area contributed by atoms with E-state index in [9.17, 15) is 5.11 Å². The number of aliphatic hydroxyl groups is 1. The summed E-state index contributed by atoms with van der Waals surface area (Å²) in [7, 11) is 4.38. The molecular formula is C26H45ClN6O. The minimum Gasteiger partial charge on any atom is -0.393 e. The molecule has 0 radical (unpaired) electrons. The van der Waals surface area contributed by atoms with Crippen LogP contribution in [-0.4, -0.2) is 70.0 Å². The third kappa shape index (κ3) is 6.35. The molecule has 1 atom stereocenters. The smallest absolute Gasteiger partial charge is 0.241 e. The maximum Gasteiger partial charge on any atom is 0.241 e. The van der Waals surface area contributed by atoms with E-state index >= 15 is 0 Å². The highest BCUT2D eigenvalue weighted by atomic mass is 35.5. The average Bonchev–Trinajstić information content (AvgIpc) is 3.18. The first-order valence-corrected chi connectivity index (χ1v) is 13.2. The van der Waals surface area contributed by atoms with Crippen LogP contribution in [0.5, 0.6) is 0 Å². The number of anilines is 2. The molecule has 2 aromatic heterocycles. The van der Waals surface area contributed by atoms with Crippen molar-refractivity contribution in [2.75, 3.05) is 37.4 Å². The minimum atomic E-state index is -0.146. The molecule has 4 rings (SSSR count). The fraction of sp³-hybridized carbons (Fsp3) is 0.769. The molecule has 1 saturated heterocycles. The van der Waals surface area contributed by atoms with Crippen molar-refractivity contribution < 1.29 is 5.11 Å². The quantitative estimate of drug-likeness (QED) is 0.476. The van der Waals surface area contributed by atoms with Gasteiger partial charge in [-0.25, -0.2) is 9.50 Å². The van der Waals surface area contributed by atoms with E-state index in [-0.39, 0.29) is 18.5 Å². The number of fused-ring (bicyclic) bond motifs is 1. The summed E-state index contributed by atoms with van der Waals surface area (Å²) >= 11 is 0. The van der Waals surface area contributed by atoms with Crippen LogP contribution in [0, 0.1) is 0 Å². The normalized spacial score (nSPS) is 22.7. The monoisotopic (exact) mass is 492 g/mol. The molecule has 192 valence electrons. The Morgan fingerprint density at radius 2 is 1.82 bits per heavy atom. The summed E-state index contributed by atoms with van der Waals surface area (Å²) in [6, 6.07) is 3.40. The second-order valence-corrected chi connectivity index (χ2v) is 10.6. The van der Waals surface area contributed by atoms with Gasteiger partial charge in [-0.1, -0.05) is 26.2 Å². The van der Waals surface area contributed by atoms with Crippen molar-refractivity contribution in [3.8, 4) is 0 Å². The molecule has 0 spiro atoms. The van der Waals surface area contributed by atoms with Gasteiger partial charge >= 0.3 is 0 Å². The number of unbranched alkanes of at least 4 members (excludes halogenated alkanes) is 2. The third-order valence-electron chi connectivity index (χ3n) is 7.79. The Labute approximate surface area is 211 Å². The van der Waals surface area contributed by atoms with Crippen LogP contribution in [0.1, 0.15) is 89.7 Å². The van der Waals surface area contributed by atoms with Crippen LogP contribution in [-0.2, 0) is 0 Å². The van der Waals surface area contributed by atoms with Crippen LogP contribution in [0.25, 0.3) is 5.52 Å². The maximum atomic E-state index is 10.0. The highest BCUT2D eigenvalue weighted by Crippen LogP contribution is 2.38. The molecule has 0 amide bonds. The predicted molar refractivity (Wildman–Crippen MR) is 144 cm³/mol. The minimum absolute atomic E-state index is 0. The number of piperidine rings is 1. The molecule has 2 N–H and O–H groups in total. The molecule has 8 heteroatoms. The van der Waals surface area contributed by atoms with Crippen LogP contribution in [0.4, 0.5) is 11.6 Å². The van der Waals surface area contributed by atoms with E-state index < -0.39 is 0 Å². The first kappa shape index (κ1) is 27.0. The van der Waals surface area contributed by atoms with Crippen LogP contribution < -0.4 is 10.2 Å². The SMILES string of the molecule is CCCCC[C@H](C)Nc1ncc2c(N3CCC(N(C)C)CC3)cc(C3CCC(O)CC3)n2n1.Cl. The van der Waals surface area contributed by atoms with Gasteiger partial charge in [0, 0.05) is 36.8 Å². The van der Waals surface area contributed by atoms with Gasteiger partial charge in [-0.15, -0.1) is 17.5 Å². The summed E-state index contributed by atoms with van der Waals surface area (Å²) in [5.41, 5.74) is 3.67. The molecule has 0 aromatic carbocycles. The van der Waals surface area contributed by atoms with Crippen LogP contribution in [0.3, 0.4) is 0 Å². The Hall–Kier alpha value is -1.57. The molecule has 2 aliphatic rings. The summed E-state index contributed by atoms with van der Waals surface area (Å²) in [6.45, 7) is 6.61. The van der Waals surface area contributed by atoms with E-state index in [0.717, 1.165) is 56.7 Å². The Morgan fingerprint density at radius 1 is 1.12 bits per heavy atom. The molecule has 2 fully saturated rings. The van der Waals surface area contributed by atoms with Gasteiger partial charge in [-0.05, 0) is 72.0 Å². The maximum absolute atomic E-state index is 10.0. The predicted octanol–water partition coefficient (Wildman–Crippen LogP) is 5.08. The van der Waals surface area contributed by atoms with E-state index in [1.54, 1.807) is 0 Å². The molecule has 3 heterocycles. The largest absolute Gasteiger partial charge is 0.393 e. The standard InChI is InChI=1S/C26H44N6O.ClH/c1-5-6-7-8-19(2)28-26-27-18-25-24(31-15-13-21(14-16-31)30(3)4)17-23(32(25)29-26)20-9-11-22(33)12-10-20;/h17-22,33H,5-16H2,1-4H3,(H,28,29);1H/t19-,20?,22?;/m0./s1. The van der Waals surface area contributed by atoms with Crippen molar-refractivity contribution in [1.82, 2.24) is 19.5 Å². The highest BCUT2D eigenvalue weighted by molar-refractivity contribution is 5.85. The lowest BCUT2D eigenvalue weighted by molar-refractivity contribution is 0.121. The van der Waals surface area contributed by atoms with Gasteiger partial charge in [0.15, 0.2) is 0 Å². The zero-order valence-electron chi connectivity index (χ0n) is 21.5. The Kier molecular flexibility index (Phi) is 9.86. The van der Waals surface area contributed by atoms with E-state index in [1.165, 1.54) is 43.5 Å². The first-order chi connectivity index (χ1) is 16.0. The number of nitrogens with zero attached hydrogens (tertiary/aromatic N) is 5. The van der Waals surface area contributed by atoms with E-state index in [2.05, 4.69) is 53.6 Å². The van der Waals surface area contributed by atoms with Crippen molar-refractivity contribution in [3.63, 3.8) is 0 Å². The Balaban J connectivity index is 0.00000324. The summed E-state index contributed by atoms with van der Waals surface area (Å²) < 4.78 is 2.16. The number of aliphatic hydroxyl groups excluding tert-OH is 1. The number of halogens is 1.